The van der Waals surface area contributed by atoms with Gasteiger partial charge in [-0.3, -0.25) is 9.59 Å². The molecule has 1 amide bonds. The van der Waals surface area contributed by atoms with Crippen molar-refractivity contribution in [2.45, 2.75) is 25.7 Å². The summed E-state index contributed by atoms with van der Waals surface area (Å²) < 4.78 is 23.6. The number of hydrogen-bond acceptors (Lipinski definition) is 7. The van der Waals surface area contributed by atoms with E-state index >= 15 is 4.39 Å². The summed E-state index contributed by atoms with van der Waals surface area (Å²) in [4.78, 5) is 33.9. The van der Waals surface area contributed by atoms with Crippen molar-refractivity contribution in [2.75, 3.05) is 77.8 Å². The topological polar surface area (TPSA) is 82.1 Å². The number of anilines is 1. The molecule has 0 aliphatic carbocycles. The molecule has 3 aliphatic rings. The van der Waals surface area contributed by atoms with Gasteiger partial charge in [0, 0.05) is 52.0 Å². The number of para-hydroxylation sites is 2. The molecular formula is C31H39FN6O3. The van der Waals surface area contributed by atoms with Crippen LogP contribution in [0.3, 0.4) is 0 Å². The van der Waals surface area contributed by atoms with Crippen LogP contribution in [0.1, 0.15) is 36.0 Å². The number of hydrogen-bond donors (Lipinski definition) is 2. The largest absolute Gasteiger partial charge is 0.451 e. The van der Waals surface area contributed by atoms with E-state index in [9.17, 15) is 9.59 Å². The molecule has 4 heterocycles. The standard InChI is InChI=1S/C31H39FN6O3/c1-35-16-18-37(19-17-35)14-7-10-33-27-24(32)20-22-28-30(27)41-26-9-4-3-8-25(26)38(28)21-23(29(22)39)31(40)34-11-15-36-12-5-2-6-13-36/h3-4,8-9,20-21,33H,2,5-7,10-19H2,1H3,(H,34,40). The van der Waals surface area contributed by atoms with Gasteiger partial charge in [-0.1, -0.05) is 18.6 Å². The lowest BCUT2D eigenvalue weighted by atomic mass is 10.1. The van der Waals surface area contributed by atoms with Crippen molar-refractivity contribution >= 4 is 22.5 Å². The van der Waals surface area contributed by atoms with Gasteiger partial charge in [0.1, 0.15) is 16.8 Å². The Balaban J connectivity index is 1.26. The molecule has 9 nitrogen and oxygen atoms in total. The van der Waals surface area contributed by atoms with E-state index in [1.807, 2.05) is 24.3 Å². The normalized spacial score (nSPS) is 17.7. The van der Waals surface area contributed by atoms with Crippen LogP contribution in [0, 0.1) is 5.82 Å². The number of carbonyl (C=O) groups excluding carboxylic acids is 1. The van der Waals surface area contributed by atoms with Crippen molar-refractivity contribution in [3.63, 3.8) is 0 Å². The molecule has 1 aromatic heterocycles. The van der Waals surface area contributed by atoms with Gasteiger partial charge in [0.2, 0.25) is 5.43 Å². The van der Waals surface area contributed by atoms with Gasteiger partial charge in [0.25, 0.3) is 5.91 Å². The van der Waals surface area contributed by atoms with Crippen LogP contribution in [0.15, 0.2) is 41.3 Å². The van der Waals surface area contributed by atoms with Crippen LogP contribution in [0.25, 0.3) is 16.6 Å². The van der Waals surface area contributed by atoms with E-state index in [-0.39, 0.29) is 22.4 Å². The molecular weight excluding hydrogens is 523 g/mol. The highest BCUT2D eigenvalue weighted by Crippen LogP contribution is 2.45. The Kier molecular flexibility index (Phi) is 8.23. The van der Waals surface area contributed by atoms with Crippen LogP contribution in [0.4, 0.5) is 10.1 Å². The van der Waals surface area contributed by atoms with Crippen LogP contribution in [-0.2, 0) is 0 Å². The lowest BCUT2D eigenvalue weighted by molar-refractivity contribution is 0.0945. The highest BCUT2D eigenvalue weighted by atomic mass is 19.1. The second-order valence-electron chi connectivity index (χ2n) is 11.4. The number of aromatic nitrogens is 1. The highest BCUT2D eigenvalue weighted by molar-refractivity contribution is 6.01. The molecule has 218 valence electrons. The second kappa shape index (κ2) is 12.2. The van der Waals surface area contributed by atoms with Crippen molar-refractivity contribution in [3.05, 3.63) is 58.1 Å². The Morgan fingerprint density at radius 1 is 0.976 bits per heavy atom. The minimum atomic E-state index is -0.571. The first-order valence-corrected chi connectivity index (χ1v) is 14.8. The van der Waals surface area contributed by atoms with E-state index < -0.39 is 17.2 Å². The van der Waals surface area contributed by atoms with Gasteiger partial charge >= 0.3 is 0 Å². The zero-order valence-corrected chi connectivity index (χ0v) is 23.8. The van der Waals surface area contributed by atoms with E-state index in [4.69, 9.17) is 4.74 Å². The number of halogens is 1. The number of nitrogens with one attached hydrogen (secondary N) is 2. The lowest BCUT2D eigenvalue weighted by Crippen LogP contribution is -2.44. The van der Waals surface area contributed by atoms with Gasteiger partial charge in [-0.25, -0.2) is 4.39 Å². The molecule has 2 N–H and O–H groups in total. The molecule has 41 heavy (non-hydrogen) atoms. The highest BCUT2D eigenvalue weighted by Gasteiger charge is 2.28. The summed E-state index contributed by atoms with van der Waals surface area (Å²) in [5.74, 6) is -0.215. The van der Waals surface area contributed by atoms with Crippen LogP contribution >= 0.6 is 0 Å². The Morgan fingerprint density at radius 3 is 2.54 bits per heavy atom. The minimum absolute atomic E-state index is 0.00826. The predicted octanol–water partition coefficient (Wildman–Crippen LogP) is 3.50. The van der Waals surface area contributed by atoms with Crippen LogP contribution in [-0.4, -0.2) is 97.7 Å². The average molecular weight is 563 g/mol. The molecule has 0 bridgehead atoms. The quantitative estimate of drug-likeness (QED) is 0.302. The summed E-state index contributed by atoms with van der Waals surface area (Å²) in [6.45, 7) is 8.93. The van der Waals surface area contributed by atoms with E-state index in [0.29, 0.717) is 30.0 Å². The molecule has 0 radical (unpaired) electrons. The molecule has 3 aromatic rings. The minimum Gasteiger partial charge on any atom is -0.451 e. The first-order chi connectivity index (χ1) is 20.0. The maximum Gasteiger partial charge on any atom is 0.256 e. The fourth-order valence-corrected chi connectivity index (χ4v) is 6.09. The number of pyridine rings is 1. The number of nitrogens with zero attached hydrogens (tertiary/aromatic N) is 4. The number of rotatable bonds is 9. The van der Waals surface area contributed by atoms with E-state index in [1.54, 1.807) is 10.8 Å². The molecule has 3 aliphatic heterocycles. The van der Waals surface area contributed by atoms with Crippen molar-refractivity contribution in [1.29, 1.82) is 0 Å². The van der Waals surface area contributed by atoms with Gasteiger partial charge in [-0.2, -0.15) is 0 Å². The molecule has 0 saturated carbocycles. The van der Waals surface area contributed by atoms with Crippen LogP contribution in [0.2, 0.25) is 0 Å². The maximum absolute atomic E-state index is 15.6. The van der Waals surface area contributed by atoms with Crippen molar-refractivity contribution < 1.29 is 13.9 Å². The molecule has 10 heteroatoms. The summed E-state index contributed by atoms with van der Waals surface area (Å²) in [5, 5.41) is 6.28. The number of likely N-dealkylation sites (tertiary alicyclic amines) is 1. The van der Waals surface area contributed by atoms with Gasteiger partial charge in [-0.05, 0) is 64.1 Å². The number of piperazine rings is 1. The fraction of sp³-hybridized carbons (Fsp3) is 0.484. The van der Waals surface area contributed by atoms with E-state index in [0.717, 1.165) is 58.8 Å². The van der Waals surface area contributed by atoms with Crippen molar-refractivity contribution in [1.82, 2.24) is 24.6 Å². The number of ether oxygens (including phenoxy) is 1. The van der Waals surface area contributed by atoms with Crippen molar-refractivity contribution in [3.8, 4) is 17.2 Å². The van der Waals surface area contributed by atoms with Gasteiger partial charge < -0.3 is 34.6 Å². The van der Waals surface area contributed by atoms with Crippen LogP contribution < -0.4 is 20.8 Å². The molecule has 0 spiro atoms. The number of benzene rings is 2. The molecule has 0 atom stereocenters. The zero-order valence-electron chi connectivity index (χ0n) is 23.8. The SMILES string of the molecule is CN1CCN(CCCNc2c(F)cc3c(=O)c(C(=O)NCCN4CCCCC4)cn4c3c2Oc2ccccc2-4)CC1. The predicted molar refractivity (Wildman–Crippen MR) is 159 cm³/mol. The van der Waals surface area contributed by atoms with Gasteiger partial charge in [-0.15, -0.1) is 0 Å². The van der Waals surface area contributed by atoms with Crippen LogP contribution in [0.5, 0.6) is 11.5 Å². The summed E-state index contributed by atoms with van der Waals surface area (Å²) >= 11 is 0. The van der Waals surface area contributed by atoms with Gasteiger partial charge in [0.15, 0.2) is 17.3 Å². The summed E-state index contributed by atoms with van der Waals surface area (Å²) in [5.41, 5.74) is 0.876. The molecule has 0 unspecified atom stereocenters. The Morgan fingerprint density at radius 2 is 1.73 bits per heavy atom. The monoisotopic (exact) mass is 562 g/mol. The van der Waals surface area contributed by atoms with E-state index in [2.05, 4.69) is 32.4 Å². The summed E-state index contributed by atoms with van der Waals surface area (Å²) in [6, 6.07) is 8.63. The Hall–Kier alpha value is -3.47. The molecule has 2 aromatic carbocycles. The lowest BCUT2D eigenvalue weighted by Gasteiger charge is -2.32. The number of piperidine rings is 1. The number of amides is 1. The Labute approximate surface area is 239 Å². The molecule has 2 fully saturated rings. The molecule has 2 saturated heterocycles. The first kappa shape index (κ1) is 27.7. The number of fused-ring (bicyclic) bond motifs is 2. The smallest absolute Gasteiger partial charge is 0.256 e. The average Bonchev–Trinajstić information content (AvgIpc) is 2.99. The third kappa shape index (κ3) is 5.82. The Bertz CT molecular complexity index is 1480. The summed E-state index contributed by atoms with van der Waals surface area (Å²) in [6.07, 6.45) is 6.01. The number of carbonyl (C=O) groups is 1. The van der Waals surface area contributed by atoms with Crippen molar-refractivity contribution in [2.24, 2.45) is 0 Å². The maximum atomic E-state index is 15.6. The third-order valence-corrected chi connectivity index (χ3v) is 8.49. The van der Waals surface area contributed by atoms with Gasteiger partial charge in [0.05, 0.1) is 11.1 Å². The first-order valence-electron chi connectivity index (χ1n) is 14.8. The van der Waals surface area contributed by atoms with E-state index in [1.165, 1.54) is 25.3 Å². The zero-order chi connectivity index (χ0) is 28.3. The molecule has 6 rings (SSSR count). The second-order valence-corrected chi connectivity index (χ2v) is 11.4. The summed E-state index contributed by atoms with van der Waals surface area (Å²) in [7, 11) is 2.14. The fourth-order valence-electron chi connectivity index (χ4n) is 6.09. The third-order valence-electron chi connectivity index (χ3n) is 8.49. The number of likely N-dealkylation sites (N-methyl/N-ethyl adjacent to an activating group) is 1.